The zero-order valence-electron chi connectivity index (χ0n) is 14.0. The number of likely N-dealkylation sites (tertiary alicyclic amines) is 1. The van der Waals surface area contributed by atoms with E-state index in [-0.39, 0.29) is 11.6 Å². The van der Waals surface area contributed by atoms with Crippen LogP contribution in [0, 0.1) is 5.92 Å². The molecule has 3 aromatic heterocycles. The van der Waals surface area contributed by atoms with Crippen LogP contribution in [0.5, 0.6) is 0 Å². The van der Waals surface area contributed by atoms with Crippen molar-refractivity contribution in [2.75, 3.05) is 13.1 Å². The topological polar surface area (TPSA) is 88.3 Å². The van der Waals surface area contributed by atoms with Crippen molar-refractivity contribution in [3.05, 3.63) is 39.8 Å². The summed E-state index contributed by atoms with van der Waals surface area (Å²) in [6.07, 6.45) is 6.31. The van der Waals surface area contributed by atoms with Crippen molar-refractivity contribution in [2.24, 2.45) is 5.92 Å². The number of piperidine rings is 1. The summed E-state index contributed by atoms with van der Waals surface area (Å²) in [5.41, 5.74) is 0.363. The van der Waals surface area contributed by atoms with E-state index < -0.39 is 0 Å². The Bertz CT molecular complexity index is 915. The first-order valence-corrected chi connectivity index (χ1v) is 9.39. The maximum atomic E-state index is 12.6. The van der Waals surface area contributed by atoms with Gasteiger partial charge in [0.05, 0.1) is 0 Å². The van der Waals surface area contributed by atoms with Gasteiger partial charge < -0.3 is 4.90 Å². The predicted octanol–water partition coefficient (Wildman–Crippen LogP) is 1.40. The van der Waals surface area contributed by atoms with Crippen LogP contribution in [-0.4, -0.2) is 48.0 Å². The standard InChI is InChI=1S/C16H20N6O2S/c1-2-22-13(18-19-15(22)24)9-11-3-5-20(6-4-11)14(23)12-10-21-7-8-25-16(21)17-12/h7-8,10-11H,2-6,9H2,1H3,(H,19,24). The molecule has 1 aliphatic rings. The molecule has 0 saturated carbocycles. The fourth-order valence-corrected chi connectivity index (χ4v) is 4.12. The molecule has 25 heavy (non-hydrogen) atoms. The lowest BCUT2D eigenvalue weighted by atomic mass is 9.93. The number of thiazole rings is 1. The number of amides is 1. The van der Waals surface area contributed by atoms with Gasteiger partial charge in [0.2, 0.25) is 0 Å². The minimum atomic E-state index is -0.148. The predicted molar refractivity (Wildman–Crippen MR) is 93.9 cm³/mol. The van der Waals surface area contributed by atoms with E-state index in [1.165, 1.54) is 11.3 Å². The molecule has 1 amide bonds. The number of hydrogen-bond acceptors (Lipinski definition) is 5. The second-order valence-electron chi connectivity index (χ2n) is 6.35. The Morgan fingerprint density at radius 1 is 1.40 bits per heavy atom. The van der Waals surface area contributed by atoms with E-state index in [9.17, 15) is 9.59 Å². The summed E-state index contributed by atoms with van der Waals surface area (Å²) < 4.78 is 3.56. The zero-order valence-corrected chi connectivity index (χ0v) is 14.8. The second-order valence-corrected chi connectivity index (χ2v) is 7.22. The molecular formula is C16H20N6O2S. The van der Waals surface area contributed by atoms with Gasteiger partial charge in [-0.05, 0) is 25.7 Å². The molecule has 4 rings (SSSR count). The lowest BCUT2D eigenvalue weighted by Crippen LogP contribution is -2.39. The molecular weight excluding hydrogens is 340 g/mol. The molecule has 0 aliphatic carbocycles. The quantitative estimate of drug-likeness (QED) is 0.762. The summed E-state index contributed by atoms with van der Waals surface area (Å²) in [7, 11) is 0. The van der Waals surface area contributed by atoms with E-state index >= 15 is 0 Å². The number of aromatic amines is 1. The van der Waals surface area contributed by atoms with Crippen LogP contribution in [0.3, 0.4) is 0 Å². The van der Waals surface area contributed by atoms with Crippen molar-refractivity contribution in [3.8, 4) is 0 Å². The molecule has 0 unspecified atom stereocenters. The lowest BCUT2D eigenvalue weighted by molar-refractivity contribution is 0.0684. The average Bonchev–Trinajstić information content (AvgIpc) is 3.30. The number of nitrogens with one attached hydrogen (secondary N) is 1. The summed E-state index contributed by atoms with van der Waals surface area (Å²) in [5, 5.41) is 8.61. The van der Waals surface area contributed by atoms with E-state index in [0.717, 1.165) is 43.1 Å². The van der Waals surface area contributed by atoms with Crippen LogP contribution in [0.4, 0.5) is 0 Å². The van der Waals surface area contributed by atoms with Gasteiger partial charge in [-0.25, -0.2) is 14.9 Å². The molecule has 8 nitrogen and oxygen atoms in total. The molecule has 0 aromatic carbocycles. The fraction of sp³-hybridized carbons (Fsp3) is 0.500. The number of nitrogens with zero attached hydrogens (tertiary/aromatic N) is 5. The zero-order chi connectivity index (χ0) is 17.4. The Morgan fingerprint density at radius 2 is 2.20 bits per heavy atom. The number of hydrogen-bond donors (Lipinski definition) is 1. The van der Waals surface area contributed by atoms with Gasteiger partial charge in [-0.15, -0.1) is 11.3 Å². The van der Waals surface area contributed by atoms with Gasteiger partial charge >= 0.3 is 5.69 Å². The SMILES string of the molecule is CCn1c(CC2CCN(C(=O)c3cn4ccsc4n3)CC2)n[nH]c1=O. The fourth-order valence-electron chi connectivity index (χ4n) is 3.42. The number of rotatable bonds is 4. The van der Waals surface area contributed by atoms with Crippen molar-refractivity contribution in [3.63, 3.8) is 0 Å². The highest BCUT2D eigenvalue weighted by atomic mass is 32.1. The Morgan fingerprint density at radius 3 is 2.92 bits per heavy atom. The number of aromatic nitrogens is 5. The molecule has 1 fully saturated rings. The highest BCUT2D eigenvalue weighted by molar-refractivity contribution is 7.15. The summed E-state index contributed by atoms with van der Waals surface area (Å²) in [4.78, 5) is 31.4. The van der Waals surface area contributed by atoms with Crippen molar-refractivity contribution in [2.45, 2.75) is 32.7 Å². The Labute approximate surface area is 148 Å². The lowest BCUT2D eigenvalue weighted by Gasteiger charge is -2.31. The van der Waals surface area contributed by atoms with Crippen molar-refractivity contribution >= 4 is 22.2 Å². The van der Waals surface area contributed by atoms with Gasteiger partial charge in [0.15, 0.2) is 4.96 Å². The smallest absolute Gasteiger partial charge is 0.337 e. The van der Waals surface area contributed by atoms with Crippen molar-refractivity contribution in [1.29, 1.82) is 0 Å². The number of carbonyl (C=O) groups excluding carboxylic acids is 1. The molecule has 4 heterocycles. The molecule has 3 aromatic rings. The number of fused-ring (bicyclic) bond motifs is 1. The van der Waals surface area contributed by atoms with Crippen LogP contribution < -0.4 is 5.69 Å². The van der Waals surface area contributed by atoms with Gasteiger partial charge in [-0.2, -0.15) is 5.10 Å². The van der Waals surface area contributed by atoms with E-state index in [0.29, 0.717) is 18.2 Å². The molecule has 132 valence electrons. The Balaban J connectivity index is 1.38. The molecule has 0 bridgehead atoms. The third-order valence-corrected chi connectivity index (χ3v) is 5.61. The molecule has 0 spiro atoms. The molecule has 1 N–H and O–H groups in total. The van der Waals surface area contributed by atoms with E-state index in [1.807, 2.05) is 27.8 Å². The molecule has 0 radical (unpaired) electrons. The third kappa shape index (κ3) is 2.99. The van der Waals surface area contributed by atoms with Crippen LogP contribution in [0.2, 0.25) is 0 Å². The summed E-state index contributed by atoms with van der Waals surface area (Å²) in [6.45, 7) is 4.00. The van der Waals surface area contributed by atoms with E-state index in [4.69, 9.17) is 0 Å². The van der Waals surface area contributed by atoms with Gasteiger partial charge in [0, 0.05) is 43.8 Å². The highest BCUT2D eigenvalue weighted by Crippen LogP contribution is 2.22. The van der Waals surface area contributed by atoms with Crippen LogP contribution in [0.25, 0.3) is 4.96 Å². The largest absolute Gasteiger partial charge is 0.343 e. The summed E-state index contributed by atoms with van der Waals surface area (Å²) >= 11 is 1.52. The van der Waals surface area contributed by atoms with Crippen LogP contribution in [-0.2, 0) is 13.0 Å². The molecule has 0 atom stereocenters. The Kier molecular flexibility index (Phi) is 4.16. The maximum Gasteiger partial charge on any atom is 0.343 e. The third-order valence-electron chi connectivity index (χ3n) is 4.84. The first-order valence-electron chi connectivity index (χ1n) is 8.51. The molecule has 1 saturated heterocycles. The van der Waals surface area contributed by atoms with Crippen molar-refractivity contribution < 1.29 is 4.79 Å². The summed E-state index contributed by atoms with van der Waals surface area (Å²) in [5.74, 6) is 1.25. The number of H-pyrrole nitrogens is 1. The van der Waals surface area contributed by atoms with Crippen LogP contribution in [0.15, 0.2) is 22.6 Å². The first kappa shape index (κ1) is 16.1. The van der Waals surface area contributed by atoms with E-state index in [1.54, 1.807) is 10.8 Å². The summed E-state index contributed by atoms with van der Waals surface area (Å²) in [6, 6.07) is 0. The monoisotopic (exact) mass is 360 g/mol. The average molecular weight is 360 g/mol. The normalized spacial score (nSPS) is 16.0. The number of imidazole rings is 1. The van der Waals surface area contributed by atoms with Gasteiger partial charge in [-0.3, -0.25) is 13.8 Å². The van der Waals surface area contributed by atoms with Crippen LogP contribution >= 0.6 is 11.3 Å². The molecule has 9 heteroatoms. The van der Waals surface area contributed by atoms with Gasteiger partial charge in [0.25, 0.3) is 5.91 Å². The van der Waals surface area contributed by atoms with E-state index in [2.05, 4.69) is 15.2 Å². The number of carbonyl (C=O) groups is 1. The maximum absolute atomic E-state index is 12.6. The Hall–Kier alpha value is -2.42. The van der Waals surface area contributed by atoms with Gasteiger partial charge in [0.1, 0.15) is 11.5 Å². The van der Waals surface area contributed by atoms with Crippen molar-refractivity contribution in [1.82, 2.24) is 29.0 Å². The minimum absolute atomic E-state index is 0.000383. The van der Waals surface area contributed by atoms with Crippen LogP contribution in [0.1, 0.15) is 36.1 Å². The highest BCUT2D eigenvalue weighted by Gasteiger charge is 2.26. The minimum Gasteiger partial charge on any atom is -0.337 e. The second kappa shape index (κ2) is 6.47. The molecule has 1 aliphatic heterocycles. The first-order chi connectivity index (χ1) is 12.2. The van der Waals surface area contributed by atoms with Gasteiger partial charge in [-0.1, -0.05) is 0 Å².